The Balaban J connectivity index is 0.000000160. The highest BCUT2D eigenvalue weighted by atomic mass is 79.9. The highest BCUT2D eigenvalue weighted by molar-refractivity contribution is 9.11. The van der Waals surface area contributed by atoms with Crippen molar-refractivity contribution in [3.05, 3.63) is 176 Å². The van der Waals surface area contributed by atoms with E-state index in [0.717, 1.165) is 21.7 Å². The summed E-state index contributed by atoms with van der Waals surface area (Å²) in [4.78, 5) is 79.5. The number of aromatic carboxylic acids is 1. The van der Waals surface area contributed by atoms with Crippen molar-refractivity contribution >= 4 is 106 Å². The number of carboxylic acids is 1. The molecular weight excluding hydrogens is 1230 g/mol. The highest BCUT2D eigenvalue weighted by Gasteiger charge is 2.19. The summed E-state index contributed by atoms with van der Waals surface area (Å²) >= 11 is 10.7. The molecule has 0 aliphatic heterocycles. The van der Waals surface area contributed by atoms with E-state index in [2.05, 4.69) is 119 Å². The summed E-state index contributed by atoms with van der Waals surface area (Å²) in [6.07, 6.45) is 5.82. The Bertz CT molecular complexity index is 3750. The lowest BCUT2D eigenvalue weighted by Crippen LogP contribution is -2.42. The number of hydrogen-bond acceptors (Lipinski definition) is 22. The third-order valence-corrected chi connectivity index (χ3v) is 12.1. The standard InChI is InChI=1S/C21H18N6OS.C12H10BrN5O2.C12H8BrN5O.C5H4BrN3O2/c1-27(2)21(28)15-10-8-13(9-11-15)16-12-23-18(22)17(24-16)20-26-25-19(29-20)14-6-4-3-5-7-14;13-8-6-15-10(14)9(16-8)12(20)18-17-11(19)7-4-2-1-3-5-7;13-8-6-15-10(14)9(16-8)12-18-17-11(19-12)7-4-2-1-3-5-7;6-2-1-8-4(7)3(9-2)5(10)11/h3-12H,1-2H3,(H2,22,23);1-6H,(H2,14,15)(H,17,19)(H,18,20);1-6H,(H2,14,15);1H,(H2,7,8)(H,10,11). The summed E-state index contributed by atoms with van der Waals surface area (Å²) in [6.45, 7) is 0. The van der Waals surface area contributed by atoms with Crippen LogP contribution in [0.15, 0.2) is 158 Å². The van der Waals surface area contributed by atoms with Gasteiger partial charge in [0.05, 0.1) is 30.5 Å². The largest absolute Gasteiger partial charge is 0.476 e. The second-order valence-corrected chi connectivity index (χ2v) is 19.1. The van der Waals surface area contributed by atoms with Gasteiger partial charge in [0.25, 0.3) is 23.6 Å². The van der Waals surface area contributed by atoms with Gasteiger partial charge >= 0.3 is 5.97 Å². The number of halogens is 3. The van der Waals surface area contributed by atoms with Crippen LogP contribution in [0.25, 0.3) is 55.6 Å². The fraction of sp³-hybridized carbons (Fsp3) is 0.0400. The molecule has 0 aliphatic carbocycles. The quantitative estimate of drug-likeness (QED) is 0.0685. The van der Waals surface area contributed by atoms with Crippen LogP contribution < -0.4 is 33.8 Å². The number of nitrogens with zero attached hydrogens (tertiary/aromatic N) is 13. The van der Waals surface area contributed by atoms with Crippen molar-refractivity contribution in [3.8, 4) is 55.6 Å². The van der Waals surface area contributed by atoms with Gasteiger partial charge in [0.2, 0.25) is 5.89 Å². The van der Waals surface area contributed by atoms with E-state index in [-0.39, 0.29) is 40.6 Å². The smallest absolute Gasteiger partial charge is 0.358 e. The summed E-state index contributed by atoms with van der Waals surface area (Å²) < 4.78 is 6.84. The van der Waals surface area contributed by atoms with Crippen LogP contribution in [-0.4, -0.2) is 108 Å². The van der Waals surface area contributed by atoms with Crippen LogP contribution in [0.4, 0.5) is 23.3 Å². The van der Waals surface area contributed by atoms with Crippen molar-refractivity contribution < 1.29 is 28.7 Å². The highest BCUT2D eigenvalue weighted by Crippen LogP contribution is 2.33. The Hall–Kier alpha value is -9.58. The van der Waals surface area contributed by atoms with E-state index in [4.69, 9.17) is 32.5 Å². The van der Waals surface area contributed by atoms with Gasteiger partial charge in [0.1, 0.15) is 24.5 Å². The first-order valence-electron chi connectivity index (χ1n) is 22.4. The van der Waals surface area contributed by atoms with E-state index >= 15 is 0 Å². The first-order chi connectivity index (χ1) is 37.9. The van der Waals surface area contributed by atoms with Crippen LogP contribution in [0.1, 0.15) is 41.7 Å². The number of rotatable bonds is 9. The van der Waals surface area contributed by atoms with Crippen LogP contribution in [-0.2, 0) is 0 Å². The third kappa shape index (κ3) is 15.5. The van der Waals surface area contributed by atoms with Crippen LogP contribution in [0.5, 0.6) is 0 Å². The predicted octanol–water partition coefficient (Wildman–Crippen LogP) is 7.57. The van der Waals surface area contributed by atoms with E-state index in [1.54, 1.807) is 62.8 Å². The summed E-state index contributed by atoms with van der Waals surface area (Å²) in [5.41, 5.74) is 31.9. The third-order valence-electron chi connectivity index (χ3n) is 9.99. The molecule has 0 aliphatic rings. The Morgan fingerprint density at radius 2 is 1.00 bits per heavy atom. The number of benzene rings is 4. The SMILES string of the molecule is CN(C)C(=O)c1ccc(-c2cnc(N)c(-c3nnc(-c4ccccc4)s3)n2)cc1.Nc1ncc(Br)nc1-c1nnc(-c2ccccc2)o1.Nc1ncc(Br)nc1C(=O)NNC(=O)c1ccccc1.Nc1ncc(Br)nc1C(=O)O. The molecule has 0 spiro atoms. The first kappa shape index (κ1) is 57.1. The van der Waals surface area contributed by atoms with Gasteiger partial charge in [-0.25, -0.2) is 44.7 Å². The normalized spacial score (nSPS) is 10.3. The molecule has 0 saturated heterocycles. The minimum Gasteiger partial charge on any atom is -0.476 e. The average Bonchev–Trinajstić information content (AvgIpc) is 4.21. The second kappa shape index (κ2) is 27.0. The Labute approximate surface area is 476 Å². The summed E-state index contributed by atoms with van der Waals surface area (Å²) in [7, 11) is 3.44. The molecule has 25 nitrogen and oxygen atoms in total. The van der Waals surface area contributed by atoms with Crippen LogP contribution in [0.3, 0.4) is 0 Å². The minimum absolute atomic E-state index is 0.0281. The minimum atomic E-state index is -1.18. The number of amides is 3. The summed E-state index contributed by atoms with van der Waals surface area (Å²) in [6, 6.07) is 35.0. The van der Waals surface area contributed by atoms with Crippen LogP contribution in [0.2, 0.25) is 0 Å². The van der Waals surface area contributed by atoms with Gasteiger partial charge < -0.3 is 37.4 Å². The van der Waals surface area contributed by atoms with Crippen molar-refractivity contribution in [2.24, 2.45) is 0 Å². The molecule has 10 rings (SSSR count). The van der Waals surface area contributed by atoms with Crippen molar-refractivity contribution in [2.45, 2.75) is 0 Å². The van der Waals surface area contributed by atoms with Gasteiger partial charge in [0, 0.05) is 41.9 Å². The van der Waals surface area contributed by atoms with Gasteiger partial charge in [-0.1, -0.05) is 90.2 Å². The monoisotopic (exact) mass is 1270 g/mol. The van der Waals surface area contributed by atoms with Crippen LogP contribution in [0, 0.1) is 0 Å². The van der Waals surface area contributed by atoms with Crippen molar-refractivity contribution in [1.29, 1.82) is 0 Å². The van der Waals surface area contributed by atoms with E-state index in [1.165, 1.54) is 34.8 Å². The van der Waals surface area contributed by atoms with Gasteiger partial charge in [-0.05, 0) is 84.2 Å². The molecule has 0 bridgehead atoms. The predicted molar refractivity (Wildman–Crippen MR) is 304 cm³/mol. The number of nitrogens with two attached hydrogens (primary N) is 4. The lowest BCUT2D eigenvalue weighted by Gasteiger charge is -2.10. The number of carboxylic acid groups (broad SMARTS) is 1. The molecule has 29 heteroatoms. The second-order valence-electron chi connectivity index (χ2n) is 15.7. The maximum absolute atomic E-state index is 12.1. The van der Waals surface area contributed by atoms with Gasteiger partial charge in [-0.3, -0.25) is 25.2 Å². The fourth-order valence-corrected chi connectivity index (χ4v) is 7.90. The van der Waals surface area contributed by atoms with Gasteiger partial charge in [-0.2, -0.15) is 0 Å². The van der Waals surface area contributed by atoms with Crippen LogP contribution >= 0.6 is 59.1 Å². The molecule has 0 radical (unpaired) electrons. The van der Waals surface area contributed by atoms with Crippen molar-refractivity contribution in [3.63, 3.8) is 0 Å². The number of hydrogen-bond donors (Lipinski definition) is 7. The zero-order valence-corrected chi connectivity index (χ0v) is 46.5. The molecule has 0 atom stereocenters. The Kier molecular flexibility index (Phi) is 19.5. The summed E-state index contributed by atoms with van der Waals surface area (Å²) in [5, 5.41) is 26.3. The van der Waals surface area contributed by atoms with Crippen molar-refractivity contribution in [2.75, 3.05) is 37.0 Å². The maximum Gasteiger partial charge on any atom is 0.358 e. The number of aromatic nitrogens is 12. The van der Waals surface area contributed by atoms with E-state index in [9.17, 15) is 19.2 Å². The average molecular weight is 1270 g/mol. The number of nitrogen functional groups attached to an aromatic ring is 4. The van der Waals surface area contributed by atoms with Gasteiger partial charge in [-0.15, -0.1) is 20.4 Å². The lowest BCUT2D eigenvalue weighted by atomic mass is 10.1. The lowest BCUT2D eigenvalue weighted by molar-refractivity contribution is 0.0690. The zero-order valence-electron chi connectivity index (χ0n) is 40.9. The number of carbonyl (C=O) groups is 4. The number of anilines is 4. The molecular formula is C50H40Br3N19O6S. The molecule has 79 heavy (non-hydrogen) atoms. The zero-order chi connectivity index (χ0) is 56.6. The van der Waals surface area contributed by atoms with E-state index in [0.29, 0.717) is 58.7 Å². The molecule has 0 fully saturated rings. The molecule has 10 aromatic rings. The van der Waals surface area contributed by atoms with E-state index in [1.807, 2.05) is 72.8 Å². The Morgan fingerprint density at radius 1 is 0.506 bits per heavy atom. The molecule has 6 heterocycles. The molecule has 3 amide bonds. The first-order valence-corrected chi connectivity index (χ1v) is 25.6. The van der Waals surface area contributed by atoms with Gasteiger partial charge in [0.15, 0.2) is 45.4 Å². The number of nitrogens with one attached hydrogen (secondary N) is 2. The molecule has 0 unspecified atom stereocenters. The Morgan fingerprint density at radius 3 is 1.59 bits per heavy atom. The molecule has 398 valence electrons. The molecule has 4 aromatic carbocycles. The molecule has 0 saturated carbocycles. The fourth-order valence-electron chi connectivity index (χ4n) is 6.22. The number of carbonyl (C=O) groups excluding carboxylic acids is 3. The molecule has 11 N–H and O–H groups in total. The maximum atomic E-state index is 12.1. The topological polar surface area (TPSA) is 388 Å². The number of hydrazine groups is 1. The van der Waals surface area contributed by atoms with E-state index < -0.39 is 17.8 Å². The van der Waals surface area contributed by atoms with Crippen molar-refractivity contribution in [1.82, 2.24) is 76.0 Å². The molecule has 6 aromatic heterocycles. The summed E-state index contributed by atoms with van der Waals surface area (Å²) in [5.74, 6) is -1.25.